The third-order valence-electron chi connectivity index (χ3n) is 6.35. The van der Waals surface area contributed by atoms with Gasteiger partial charge in [0, 0.05) is 12.1 Å². The van der Waals surface area contributed by atoms with Crippen molar-refractivity contribution >= 4 is 17.4 Å². The molecule has 3 aromatic carbocycles. The first-order valence-corrected chi connectivity index (χ1v) is 12.0. The van der Waals surface area contributed by atoms with Gasteiger partial charge in [-0.2, -0.15) is 0 Å². The predicted octanol–water partition coefficient (Wildman–Crippen LogP) is 4.52. The lowest BCUT2D eigenvalue weighted by atomic mass is 9.95. The first kappa shape index (κ1) is 23.5. The average molecular weight is 486 g/mol. The summed E-state index contributed by atoms with van der Waals surface area (Å²) in [6.45, 7) is 3.60. The maximum absolute atomic E-state index is 13.3. The predicted molar refractivity (Wildman–Crippen MR) is 134 cm³/mol. The van der Waals surface area contributed by atoms with Crippen LogP contribution < -0.4 is 14.2 Å². The number of likely N-dealkylation sites (tertiary alicyclic amines) is 1. The van der Waals surface area contributed by atoms with Gasteiger partial charge in [-0.1, -0.05) is 42.5 Å². The average Bonchev–Trinajstić information content (AvgIpc) is 3.17. The van der Waals surface area contributed by atoms with E-state index in [2.05, 4.69) is 0 Å². The minimum Gasteiger partial charge on any atom is -0.507 e. The molecule has 0 radical (unpaired) electrons. The van der Waals surface area contributed by atoms with Crippen molar-refractivity contribution in [3.8, 4) is 17.2 Å². The Kier molecular flexibility index (Phi) is 6.62. The number of ketones is 1. The van der Waals surface area contributed by atoms with Crippen LogP contribution in [-0.4, -0.2) is 48.1 Å². The number of carbonyl (C=O) groups excluding carboxylic acids is 2. The number of hydrogen-bond acceptors (Lipinski definition) is 6. The molecule has 0 unspecified atom stereocenters. The molecule has 1 atom stereocenters. The summed E-state index contributed by atoms with van der Waals surface area (Å²) in [6, 6.07) is 21.3. The molecular formula is C29H27NO6. The number of hydrogen-bond donors (Lipinski definition) is 1. The summed E-state index contributed by atoms with van der Waals surface area (Å²) in [5.41, 5.74) is 2.20. The van der Waals surface area contributed by atoms with Crippen LogP contribution in [0.5, 0.6) is 17.2 Å². The molecule has 0 spiro atoms. The van der Waals surface area contributed by atoms with Gasteiger partial charge in [0.25, 0.3) is 11.7 Å². The number of amides is 1. The number of nitrogens with zero attached hydrogens (tertiary/aromatic N) is 1. The van der Waals surface area contributed by atoms with Crippen molar-refractivity contribution in [1.82, 2.24) is 4.90 Å². The molecule has 0 saturated carbocycles. The minimum absolute atomic E-state index is 0.0499. The van der Waals surface area contributed by atoms with Crippen LogP contribution in [0.25, 0.3) is 5.76 Å². The first-order valence-electron chi connectivity index (χ1n) is 12.0. The number of aliphatic hydroxyl groups excluding tert-OH is 1. The van der Waals surface area contributed by atoms with Gasteiger partial charge in [-0.05, 0) is 54.8 Å². The van der Waals surface area contributed by atoms with E-state index in [-0.39, 0.29) is 11.3 Å². The molecule has 7 heteroatoms. The Morgan fingerprint density at radius 2 is 1.69 bits per heavy atom. The van der Waals surface area contributed by atoms with E-state index in [1.54, 1.807) is 30.3 Å². The highest BCUT2D eigenvalue weighted by Gasteiger charge is 2.46. The number of aliphatic hydroxyl groups is 1. The van der Waals surface area contributed by atoms with Crippen molar-refractivity contribution in [2.75, 3.05) is 26.4 Å². The third kappa shape index (κ3) is 4.52. The van der Waals surface area contributed by atoms with Crippen molar-refractivity contribution < 1.29 is 28.9 Å². The van der Waals surface area contributed by atoms with Gasteiger partial charge in [-0.25, -0.2) is 0 Å². The molecule has 7 nitrogen and oxygen atoms in total. The quantitative estimate of drug-likeness (QED) is 0.301. The zero-order valence-corrected chi connectivity index (χ0v) is 20.0. The van der Waals surface area contributed by atoms with Gasteiger partial charge in [-0.15, -0.1) is 0 Å². The fraction of sp³-hybridized carbons (Fsp3) is 0.241. The van der Waals surface area contributed by atoms with Crippen molar-refractivity contribution in [3.63, 3.8) is 0 Å². The second-order valence-corrected chi connectivity index (χ2v) is 8.59. The number of rotatable bonds is 7. The summed E-state index contributed by atoms with van der Waals surface area (Å²) in [6.07, 6.45) is 0.575. The molecule has 3 aromatic rings. The van der Waals surface area contributed by atoms with Gasteiger partial charge in [0.1, 0.15) is 24.7 Å². The molecule has 5 rings (SSSR count). The smallest absolute Gasteiger partial charge is 0.295 e. The van der Waals surface area contributed by atoms with Gasteiger partial charge in [0.15, 0.2) is 11.5 Å². The molecule has 2 aliphatic heterocycles. The van der Waals surface area contributed by atoms with Crippen LogP contribution in [0.3, 0.4) is 0 Å². The van der Waals surface area contributed by atoms with E-state index in [4.69, 9.17) is 14.2 Å². The summed E-state index contributed by atoms with van der Waals surface area (Å²) in [5, 5.41) is 11.3. The molecule has 0 aliphatic carbocycles. The lowest BCUT2D eigenvalue weighted by molar-refractivity contribution is -0.139. The maximum atomic E-state index is 13.3. The number of ether oxygens (including phenoxy) is 3. The van der Waals surface area contributed by atoms with Crippen molar-refractivity contribution in [3.05, 3.63) is 95.1 Å². The van der Waals surface area contributed by atoms with E-state index in [9.17, 15) is 14.7 Å². The third-order valence-corrected chi connectivity index (χ3v) is 6.35. The lowest BCUT2D eigenvalue weighted by Gasteiger charge is -2.26. The van der Waals surface area contributed by atoms with Gasteiger partial charge < -0.3 is 24.2 Å². The van der Waals surface area contributed by atoms with Crippen LogP contribution in [0.1, 0.15) is 29.7 Å². The van der Waals surface area contributed by atoms with Crippen molar-refractivity contribution in [1.29, 1.82) is 0 Å². The van der Waals surface area contributed by atoms with Crippen molar-refractivity contribution in [2.45, 2.75) is 19.4 Å². The highest BCUT2D eigenvalue weighted by atomic mass is 16.6. The normalized spacial score (nSPS) is 18.4. The zero-order chi connectivity index (χ0) is 25.1. The standard InChI is InChI=1S/C29H27NO6/c1-2-34-22-11-8-20(9-12-22)26-25(27(31)21-10-13-23-24(18-21)36-17-16-35-23)28(32)29(33)30(26)15-14-19-6-4-3-5-7-19/h3-13,18,26,31H,2,14-17H2,1H3/b27-25+/t26-/m1/s1. The van der Waals surface area contributed by atoms with Crippen molar-refractivity contribution in [2.24, 2.45) is 0 Å². The Hall–Kier alpha value is -4.26. The van der Waals surface area contributed by atoms with Crippen LogP contribution in [0.4, 0.5) is 0 Å². The van der Waals surface area contributed by atoms with E-state index < -0.39 is 17.7 Å². The number of fused-ring (bicyclic) bond motifs is 1. The Bertz CT molecular complexity index is 1300. The van der Waals surface area contributed by atoms with Crippen LogP contribution in [0, 0.1) is 0 Å². The van der Waals surface area contributed by atoms with Crippen LogP contribution in [-0.2, 0) is 16.0 Å². The zero-order valence-electron chi connectivity index (χ0n) is 20.0. The summed E-state index contributed by atoms with van der Waals surface area (Å²) < 4.78 is 16.8. The number of benzene rings is 3. The molecule has 1 N–H and O–H groups in total. The Morgan fingerprint density at radius 1 is 0.972 bits per heavy atom. The molecule has 1 fully saturated rings. The Morgan fingerprint density at radius 3 is 2.42 bits per heavy atom. The van der Waals surface area contributed by atoms with E-state index in [1.807, 2.05) is 49.4 Å². The molecule has 0 aromatic heterocycles. The molecule has 0 bridgehead atoms. The van der Waals surface area contributed by atoms with Gasteiger partial charge in [0.2, 0.25) is 0 Å². The van der Waals surface area contributed by atoms with Crippen LogP contribution >= 0.6 is 0 Å². The number of carbonyl (C=O) groups is 2. The lowest BCUT2D eigenvalue weighted by Crippen LogP contribution is -2.31. The molecule has 184 valence electrons. The summed E-state index contributed by atoms with van der Waals surface area (Å²) >= 11 is 0. The fourth-order valence-corrected chi connectivity index (χ4v) is 4.61. The second-order valence-electron chi connectivity index (χ2n) is 8.59. The van der Waals surface area contributed by atoms with Gasteiger partial charge >= 0.3 is 0 Å². The molecule has 2 heterocycles. The highest BCUT2D eigenvalue weighted by Crippen LogP contribution is 2.41. The molecular weight excluding hydrogens is 458 g/mol. The Balaban J connectivity index is 1.56. The fourth-order valence-electron chi connectivity index (χ4n) is 4.61. The van der Waals surface area contributed by atoms with E-state index in [1.165, 1.54) is 4.90 Å². The molecule has 1 amide bonds. The molecule has 36 heavy (non-hydrogen) atoms. The SMILES string of the molecule is CCOc1ccc([C@@H]2/C(=C(\O)c3ccc4c(c3)OCCO4)C(=O)C(=O)N2CCc2ccccc2)cc1. The Labute approximate surface area is 209 Å². The van der Waals surface area contributed by atoms with Crippen LogP contribution in [0.15, 0.2) is 78.4 Å². The molecule has 1 saturated heterocycles. The largest absolute Gasteiger partial charge is 0.507 e. The van der Waals surface area contributed by atoms with Gasteiger partial charge in [0.05, 0.1) is 18.2 Å². The highest BCUT2D eigenvalue weighted by molar-refractivity contribution is 6.46. The number of Topliss-reactive ketones (excluding diaryl/α,β-unsaturated/α-hetero) is 1. The maximum Gasteiger partial charge on any atom is 0.295 e. The summed E-state index contributed by atoms with van der Waals surface area (Å²) in [7, 11) is 0. The minimum atomic E-state index is -0.738. The summed E-state index contributed by atoms with van der Waals surface area (Å²) in [5.74, 6) is 0.157. The topological polar surface area (TPSA) is 85.3 Å². The first-order chi connectivity index (χ1) is 17.6. The monoisotopic (exact) mass is 485 g/mol. The summed E-state index contributed by atoms with van der Waals surface area (Å²) in [4.78, 5) is 28.1. The van der Waals surface area contributed by atoms with E-state index >= 15 is 0 Å². The van der Waals surface area contributed by atoms with Gasteiger partial charge in [-0.3, -0.25) is 9.59 Å². The van der Waals surface area contributed by atoms with E-state index in [0.717, 1.165) is 5.56 Å². The van der Waals surface area contributed by atoms with E-state index in [0.29, 0.717) is 61.2 Å². The van der Waals surface area contributed by atoms with Crippen LogP contribution in [0.2, 0.25) is 0 Å². The molecule has 2 aliphatic rings. The second kappa shape index (κ2) is 10.2.